The predicted molar refractivity (Wildman–Crippen MR) is 110 cm³/mol. The van der Waals surface area contributed by atoms with Gasteiger partial charge in [-0.1, -0.05) is 30.4 Å². The van der Waals surface area contributed by atoms with Crippen LogP contribution in [-0.2, 0) is 10.1 Å². The maximum atomic E-state index is 10.7. The highest BCUT2D eigenvalue weighted by atomic mass is 32.2. The molecule has 1 aliphatic heterocycles. The van der Waals surface area contributed by atoms with Crippen molar-refractivity contribution >= 4 is 21.9 Å². The molecule has 1 heterocycles. The number of aliphatic hydroxyl groups excluding tert-OH is 1. The molecule has 0 bridgehead atoms. The Morgan fingerprint density at radius 1 is 1.19 bits per heavy atom. The summed E-state index contributed by atoms with van der Waals surface area (Å²) in [6.45, 7) is 2.34. The Hall–Kier alpha value is -2.09. The molecule has 6 nitrogen and oxygen atoms in total. The number of allylic oxidation sites excluding steroid dienone is 3. The van der Waals surface area contributed by atoms with Crippen molar-refractivity contribution in [3.8, 4) is 0 Å². The van der Waals surface area contributed by atoms with E-state index in [2.05, 4.69) is 28.0 Å². The number of rotatable bonds is 10. The lowest BCUT2D eigenvalue weighted by Crippen LogP contribution is -2.23. The fraction of sp³-hybridized carbons (Fsp3) is 0.400. The van der Waals surface area contributed by atoms with Crippen molar-refractivity contribution in [2.75, 3.05) is 43.9 Å². The van der Waals surface area contributed by atoms with E-state index in [0.717, 1.165) is 29.9 Å². The van der Waals surface area contributed by atoms with E-state index in [1.54, 1.807) is 0 Å². The SMILES string of the molecule is CN(CCCCS(=O)(=O)O)c1ccc(/C=C/C2=CCN(CCO)C=C2)cc1. The highest BCUT2D eigenvalue weighted by Gasteiger charge is 2.05. The van der Waals surface area contributed by atoms with E-state index in [1.807, 2.05) is 43.6 Å². The molecule has 0 fully saturated rings. The average Bonchev–Trinajstić information content (AvgIpc) is 2.64. The van der Waals surface area contributed by atoms with Crippen molar-refractivity contribution in [3.05, 3.63) is 59.8 Å². The summed E-state index contributed by atoms with van der Waals surface area (Å²) < 4.78 is 30.2. The summed E-state index contributed by atoms with van der Waals surface area (Å²) in [5.74, 6) is -0.188. The van der Waals surface area contributed by atoms with E-state index in [0.29, 0.717) is 19.4 Å². The molecule has 0 aromatic heterocycles. The maximum absolute atomic E-state index is 10.7. The molecule has 0 amide bonds. The van der Waals surface area contributed by atoms with Gasteiger partial charge in [-0.25, -0.2) is 0 Å². The molecule has 0 radical (unpaired) electrons. The molecule has 0 saturated heterocycles. The quantitative estimate of drug-likeness (QED) is 0.470. The molecule has 27 heavy (non-hydrogen) atoms. The van der Waals surface area contributed by atoms with Crippen molar-refractivity contribution in [2.45, 2.75) is 12.8 Å². The van der Waals surface area contributed by atoms with Crippen LogP contribution in [0, 0.1) is 0 Å². The fourth-order valence-electron chi connectivity index (χ4n) is 2.76. The van der Waals surface area contributed by atoms with Gasteiger partial charge in [0, 0.05) is 38.6 Å². The summed E-state index contributed by atoms with van der Waals surface area (Å²) in [4.78, 5) is 4.12. The van der Waals surface area contributed by atoms with Crippen molar-refractivity contribution in [3.63, 3.8) is 0 Å². The van der Waals surface area contributed by atoms with E-state index in [-0.39, 0.29) is 12.4 Å². The monoisotopic (exact) mass is 392 g/mol. The lowest BCUT2D eigenvalue weighted by atomic mass is 10.1. The molecule has 1 aromatic rings. The number of hydrogen-bond acceptors (Lipinski definition) is 5. The molecule has 0 spiro atoms. The van der Waals surface area contributed by atoms with Crippen LogP contribution in [0.2, 0.25) is 0 Å². The third kappa shape index (κ3) is 7.99. The van der Waals surface area contributed by atoms with Gasteiger partial charge in [0.15, 0.2) is 0 Å². The van der Waals surface area contributed by atoms with Gasteiger partial charge in [0.05, 0.1) is 12.4 Å². The second-order valence-corrected chi connectivity index (χ2v) is 8.15. The molecule has 1 aliphatic rings. The first-order valence-corrected chi connectivity index (χ1v) is 10.7. The Balaban J connectivity index is 1.81. The molecule has 0 atom stereocenters. The molecular formula is C20H28N2O4S. The number of nitrogens with zero attached hydrogens (tertiary/aromatic N) is 2. The number of unbranched alkanes of at least 4 members (excludes halogenated alkanes) is 1. The molecule has 0 unspecified atom stereocenters. The largest absolute Gasteiger partial charge is 0.395 e. The molecule has 0 saturated carbocycles. The van der Waals surface area contributed by atoms with Gasteiger partial charge in [-0.2, -0.15) is 8.42 Å². The highest BCUT2D eigenvalue weighted by Crippen LogP contribution is 2.17. The van der Waals surface area contributed by atoms with Crippen LogP contribution in [0.5, 0.6) is 0 Å². The van der Waals surface area contributed by atoms with Crippen LogP contribution in [0.4, 0.5) is 5.69 Å². The first kappa shape index (κ1) is 21.2. The molecule has 2 rings (SSSR count). The number of aliphatic hydroxyl groups is 1. The van der Waals surface area contributed by atoms with Gasteiger partial charge >= 0.3 is 0 Å². The van der Waals surface area contributed by atoms with Crippen LogP contribution < -0.4 is 4.90 Å². The van der Waals surface area contributed by atoms with Crippen molar-refractivity contribution in [1.82, 2.24) is 4.90 Å². The minimum absolute atomic E-state index is 0.157. The van der Waals surface area contributed by atoms with Gasteiger partial charge < -0.3 is 14.9 Å². The third-order valence-electron chi connectivity index (χ3n) is 4.37. The minimum Gasteiger partial charge on any atom is -0.395 e. The first-order chi connectivity index (χ1) is 12.9. The van der Waals surface area contributed by atoms with E-state index >= 15 is 0 Å². The predicted octanol–water partition coefficient (Wildman–Crippen LogP) is 2.55. The van der Waals surface area contributed by atoms with Crippen LogP contribution in [0.1, 0.15) is 18.4 Å². The summed E-state index contributed by atoms with van der Waals surface area (Å²) in [6, 6.07) is 8.17. The summed E-state index contributed by atoms with van der Waals surface area (Å²) in [5.41, 5.74) is 3.31. The molecule has 0 aliphatic carbocycles. The zero-order valence-corrected chi connectivity index (χ0v) is 16.5. The van der Waals surface area contributed by atoms with Gasteiger partial charge in [0.2, 0.25) is 0 Å². The van der Waals surface area contributed by atoms with Gasteiger partial charge in [-0.3, -0.25) is 4.55 Å². The lowest BCUT2D eigenvalue weighted by Gasteiger charge is -2.20. The average molecular weight is 393 g/mol. The standard InChI is InChI=1S/C20H28N2O4S/c1-21(12-2-3-17-27(24,25)26)20-8-6-18(7-9-20)4-5-19-10-13-22(14-11-19)15-16-23/h4-11,13,23H,2-3,12,14-17H2,1H3,(H,24,25,26)/b5-4+. The maximum Gasteiger partial charge on any atom is 0.264 e. The Labute approximate surface area is 161 Å². The zero-order valence-electron chi connectivity index (χ0n) is 15.7. The van der Waals surface area contributed by atoms with Gasteiger partial charge in [0.1, 0.15) is 0 Å². The molecule has 7 heteroatoms. The van der Waals surface area contributed by atoms with Gasteiger partial charge in [0.25, 0.3) is 10.1 Å². The second kappa shape index (κ2) is 10.3. The molecular weight excluding hydrogens is 364 g/mol. The van der Waals surface area contributed by atoms with E-state index in [9.17, 15) is 8.42 Å². The second-order valence-electron chi connectivity index (χ2n) is 6.58. The van der Waals surface area contributed by atoms with Crippen LogP contribution in [-0.4, -0.2) is 62.0 Å². The Morgan fingerprint density at radius 2 is 1.93 bits per heavy atom. The zero-order chi connectivity index (χ0) is 19.7. The third-order valence-corrected chi connectivity index (χ3v) is 5.18. The summed E-state index contributed by atoms with van der Waals surface area (Å²) in [5, 5.41) is 8.94. The van der Waals surface area contributed by atoms with Gasteiger partial charge in [-0.05, 0) is 42.2 Å². The first-order valence-electron chi connectivity index (χ1n) is 9.05. The summed E-state index contributed by atoms with van der Waals surface area (Å²) >= 11 is 0. The number of anilines is 1. The molecule has 1 aromatic carbocycles. The highest BCUT2D eigenvalue weighted by molar-refractivity contribution is 7.85. The smallest absolute Gasteiger partial charge is 0.264 e. The Morgan fingerprint density at radius 3 is 2.52 bits per heavy atom. The van der Waals surface area contributed by atoms with E-state index in [1.165, 1.54) is 0 Å². The number of hydrogen-bond donors (Lipinski definition) is 2. The van der Waals surface area contributed by atoms with E-state index in [4.69, 9.17) is 9.66 Å². The van der Waals surface area contributed by atoms with Crippen molar-refractivity contribution in [1.29, 1.82) is 0 Å². The van der Waals surface area contributed by atoms with Gasteiger partial charge in [-0.15, -0.1) is 0 Å². The normalized spacial score (nSPS) is 14.6. The van der Waals surface area contributed by atoms with Crippen LogP contribution in [0.3, 0.4) is 0 Å². The Kier molecular flexibility index (Phi) is 8.09. The fourth-order valence-corrected chi connectivity index (χ4v) is 3.32. The van der Waals surface area contributed by atoms with E-state index < -0.39 is 10.1 Å². The topological polar surface area (TPSA) is 81.1 Å². The van der Waals surface area contributed by atoms with Crippen molar-refractivity contribution in [2.24, 2.45) is 0 Å². The van der Waals surface area contributed by atoms with Crippen LogP contribution in [0.25, 0.3) is 6.08 Å². The molecule has 2 N–H and O–H groups in total. The van der Waals surface area contributed by atoms with Crippen LogP contribution in [0.15, 0.2) is 54.3 Å². The summed E-state index contributed by atoms with van der Waals surface area (Å²) in [6.07, 6.45) is 11.4. The lowest BCUT2D eigenvalue weighted by molar-refractivity contribution is 0.244. The number of benzene rings is 1. The molecule has 148 valence electrons. The Bertz CT molecular complexity index is 783. The van der Waals surface area contributed by atoms with Crippen LogP contribution >= 0.6 is 0 Å². The summed E-state index contributed by atoms with van der Waals surface area (Å²) in [7, 11) is -1.90. The minimum atomic E-state index is -3.86. The number of β-amino-alcohol motifs (C(OH)–C–C–N with tert-alkyl or cyclic N) is 1. The van der Waals surface area contributed by atoms with Crippen molar-refractivity contribution < 1.29 is 18.1 Å².